The predicted octanol–water partition coefficient (Wildman–Crippen LogP) is 1.27. The first-order chi connectivity index (χ1) is 15.5. The van der Waals surface area contributed by atoms with E-state index in [0.29, 0.717) is 0 Å². The molecule has 1 fully saturated rings. The van der Waals surface area contributed by atoms with Crippen molar-refractivity contribution in [1.29, 1.82) is 0 Å². The smallest absolute Gasteiger partial charge is 0.436 e. The summed E-state index contributed by atoms with van der Waals surface area (Å²) in [6, 6.07) is 5.91. The molecule has 2 heterocycles. The number of hydrogen-bond acceptors (Lipinski definition) is 11. The number of rotatable bonds is 8. The number of esters is 2. The number of aromatic nitrogens is 2. The molecule has 0 aliphatic carbocycles. The molecule has 1 aromatic heterocycles. The van der Waals surface area contributed by atoms with Crippen molar-refractivity contribution < 1.29 is 41.3 Å². The third kappa shape index (κ3) is 5.53. The van der Waals surface area contributed by atoms with Crippen molar-refractivity contribution in [1.82, 2.24) is 9.55 Å². The maximum atomic E-state index is 12.6. The zero-order valence-electron chi connectivity index (χ0n) is 17.8. The molecule has 0 saturated carbocycles. The van der Waals surface area contributed by atoms with Gasteiger partial charge in [-0.25, -0.2) is 0 Å². The van der Waals surface area contributed by atoms with Gasteiger partial charge in [0.2, 0.25) is 6.23 Å². The van der Waals surface area contributed by atoms with Gasteiger partial charge in [0.1, 0.15) is 18.5 Å². The van der Waals surface area contributed by atoms with Gasteiger partial charge in [-0.15, -0.1) is 0 Å². The Kier molecular flexibility index (Phi) is 7.09. The molecule has 0 unspecified atom stereocenters. The van der Waals surface area contributed by atoms with Crippen LogP contribution in [-0.2, 0) is 38.1 Å². The molecule has 2 aromatic rings. The lowest BCUT2D eigenvalue weighted by atomic mass is 10.1. The number of carbonyl (C=O) groups excluding carboxylic acids is 2. The summed E-state index contributed by atoms with van der Waals surface area (Å²) in [7, 11) is -4.21. The van der Waals surface area contributed by atoms with Crippen molar-refractivity contribution in [3.63, 3.8) is 0 Å². The summed E-state index contributed by atoms with van der Waals surface area (Å²) in [6.07, 6.45) is -2.88. The Morgan fingerprint density at radius 2 is 1.76 bits per heavy atom. The van der Waals surface area contributed by atoms with Crippen LogP contribution >= 0.6 is 0 Å². The van der Waals surface area contributed by atoms with Gasteiger partial charge in [0.05, 0.1) is 11.5 Å². The van der Waals surface area contributed by atoms with Crippen LogP contribution < -0.4 is 0 Å². The minimum Gasteiger partial charge on any atom is -0.455 e. The van der Waals surface area contributed by atoms with Crippen LogP contribution in [-0.4, -0.2) is 59.7 Å². The van der Waals surface area contributed by atoms with Gasteiger partial charge >= 0.3 is 17.9 Å². The topological polar surface area (TPSA) is 166 Å². The second kappa shape index (κ2) is 9.64. The number of benzene rings is 1. The SMILES string of the molecule is CC(=O)O[C@H]1[C@H](OC(C)=O)[C@@H](COS(=O)(=O)c2ccc(C)cc2)O[C@H]1n1ccnc1[N+](=O)[O-]. The van der Waals surface area contributed by atoms with Crippen molar-refractivity contribution in [2.75, 3.05) is 6.61 Å². The molecule has 33 heavy (non-hydrogen) atoms. The quantitative estimate of drug-likeness (QED) is 0.229. The van der Waals surface area contributed by atoms with Crippen molar-refractivity contribution in [3.8, 4) is 0 Å². The van der Waals surface area contributed by atoms with Crippen LogP contribution in [0.15, 0.2) is 41.6 Å². The Morgan fingerprint density at radius 1 is 1.15 bits per heavy atom. The van der Waals surface area contributed by atoms with E-state index in [2.05, 4.69) is 4.98 Å². The Labute approximate surface area is 188 Å². The molecule has 178 valence electrons. The normalized spacial score (nSPS) is 22.6. The summed E-state index contributed by atoms with van der Waals surface area (Å²) in [4.78, 5) is 37.5. The molecule has 1 aliphatic heterocycles. The Balaban J connectivity index is 1.91. The molecule has 4 atom stereocenters. The maximum Gasteiger partial charge on any atom is 0.436 e. The first-order valence-corrected chi connectivity index (χ1v) is 11.0. The zero-order chi connectivity index (χ0) is 24.3. The Bertz CT molecular complexity index is 1140. The van der Waals surface area contributed by atoms with Crippen LogP contribution in [0.2, 0.25) is 0 Å². The van der Waals surface area contributed by atoms with Crippen LogP contribution in [0.4, 0.5) is 5.95 Å². The Morgan fingerprint density at radius 3 is 2.33 bits per heavy atom. The summed E-state index contributed by atoms with van der Waals surface area (Å²) in [5, 5.41) is 11.3. The molecule has 1 aromatic carbocycles. The number of nitro groups is 1. The van der Waals surface area contributed by atoms with Gasteiger partial charge < -0.3 is 24.3 Å². The molecule has 0 bridgehead atoms. The summed E-state index contributed by atoms with van der Waals surface area (Å²) in [6.45, 7) is 3.36. The van der Waals surface area contributed by atoms with Gasteiger partial charge in [-0.3, -0.25) is 13.8 Å². The molecule has 3 rings (SSSR count). The lowest BCUT2D eigenvalue weighted by molar-refractivity contribution is -0.398. The van der Waals surface area contributed by atoms with Crippen LogP contribution in [0.5, 0.6) is 0 Å². The molecule has 13 nitrogen and oxygen atoms in total. The van der Waals surface area contributed by atoms with E-state index in [-0.39, 0.29) is 4.90 Å². The lowest BCUT2D eigenvalue weighted by Gasteiger charge is -2.22. The molecule has 1 saturated heterocycles. The number of carbonyl (C=O) groups is 2. The fourth-order valence-electron chi connectivity index (χ4n) is 3.29. The van der Waals surface area contributed by atoms with Gasteiger partial charge in [0.25, 0.3) is 10.1 Å². The van der Waals surface area contributed by atoms with Gasteiger partial charge in [-0.1, -0.05) is 22.7 Å². The zero-order valence-corrected chi connectivity index (χ0v) is 18.6. The molecular weight excluding hydrogens is 462 g/mol. The van der Waals surface area contributed by atoms with Gasteiger partial charge in [0, 0.05) is 13.8 Å². The highest BCUT2D eigenvalue weighted by Crippen LogP contribution is 2.36. The molecule has 0 N–H and O–H groups in total. The van der Waals surface area contributed by atoms with E-state index in [4.69, 9.17) is 18.4 Å². The van der Waals surface area contributed by atoms with E-state index in [9.17, 15) is 28.1 Å². The molecule has 0 spiro atoms. The van der Waals surface area contributed by atoms with Gasteiger partial charge in [0.15, 0.2) is 12.2 Å². The van der Waals surface area contributed by atoms with E-state index < -0.39 is 64.1 Å². The van der Waals surface area contributed by atoms with E-state index in [1.807, 2.05) is 0 Å². The number of nitrogens with zero attached hydrogens (tertiary/aromatic N) is 3. The van der Waals surface area contributed by atoms with Crippen molar-refractivity contribution in [3.05, 3.63) is 52.3 Å². The maximum absolute atomic E-state index is 12.6. The average molecular weight is 483 g/mol. The standard InChI is InChI=1S/C19H21N3O10S/c1-11-4-6-14(7-5-11)33(27,28)29-10-15-16(30-12(2)23)17(31-13(3)24)18(32-15)21-9-8-20-19(21)22(25)26/h4-9,15-18H,10H2,1-3H3/t15-,16-,17+,18-/m1/s1. The van der Waals surface area contributed by atoms with E-state index in [1.165, 1.54) is 18.3 Å². The van der Waals surface area contributed by atoms with Crippen LogP contribution in [0, 0.1) is 17.0 Å². The number of imidazole rings is 1. The average Bonchev–Trinajstić information content (AvgIpc) is 3.32. The summed E-state index contributed by atoms with van der Waals surface area (Å²) < 4.78 is 47.4. The predicted molar refractivity (Wildman–Crippen MR) is 108 cm³/mol. The second-order valence-electron chi connectivity index (χ2n) is 7.16. The second-order valence-corrected chi connectivity index (χ2v) is 8.77. The van der Waals surface area contributed by atoms with Crippen LogP contribution in [0.3, 0.4) is 0 Å². The fourth-order valence-corrected chi connectivity index (χ4v) is 4.21. The molecule has 0 radical (unpaired) electrons. The first kappa shape index (κ1) is 24.3. The summed E-state index contributed by atoms with van der Waals surface area (Å²) in [5.74, 6) is -2.16. The minimum absolute atomic E-state index is 0.103. The summed E-state index contributed by atoms with van der Waals surface area (Å²) in [5.41, 5.74) is 0.844. The minimum atomic E-state index is -4.21. The van der Waals surface area contributed by atoms with Crippen molar-refractivity contribution >= 4 is 28.0 Å². The molecule has 14 heteroatoms. The molecule has 1 aliphatic rings. The molecule has 0 amide bonds. The third-order valence-electron chi connectivity index (χ3n) is 4.67. The number of aryl methyl sites for hydroxylation is 1. The Hall–Kier alpha value is -3.36. The number of ether oxygens (including phenoxy) is 3. The fraction of sp³-hybridized carbons (Fsp3) is 0.421. The van der Waals surface area contributed by atoms with Crippen molar-refractivity contribution in [2.24, 2.45) is 0 Å². The highest BCUT2D eigenvalue weighted by atomic mass is 32.2. The van der Waals surface area contributed by atoms with Gasteiger partial charge in [-0.05, 0) is 24.0 Å². The van der Waals surface area contributed by atoms with E-state index >= 15 is 0 Å². The van der Waals surface area contributed by atoms with Gasteiger partial charge in [-0.2, -0.15) is 13.0 Å². The lowest BCUT2D eigenvalue weighted by Crippen LogP contribution is -2.40. The monoisotopic (exact) mass is 483 g/mol. The van der Waals surface area contributed by atoms with Crippen LogP contribution in [0.25, 0.3) is 0 Å². The van der Waals surface area contributed by atoms with E-state index in [1.54, 1.807) is 19.1 Å². The largest absolute Gasteiger partial charge is 0.455 e. The summed E-state index contributed by atoms with van der Waals surface area (Å²) >= 11 is 0. The number of hydrogen-bond donors (Lipinski definition) is 0. The molecular formula is C19H21N3O10S. The van der Waals surface area contributed by atoms with E-state index in [0.717, 1.165) is 30.2 Å². The highest BCUT2D eigenvalue weighted by Gasteiger charge is 2.53. The highest BCUT2D eigenvalue weighted by molar-refractivity contribution is 7.86. The van der Waals surface area contributed by atoms with Crippen LogP contribution in [0.1, 0.15) is 25.6 Å². The van der Waals surface area contributed by atoms with Crippen molar-refractivity contribution in [2.45, 2.75) is 50.2 Å². The third-order valence-corrected chi connectivity index (χ3v) is 5.97. The first-order valence-electron chi connectivity index (χ1n) is 9.63.